The SMILES string of the molecule is C=CCN(C(=O)c1ccc(Sc2ccc(F)cc2)c([N+](=O)[O-])c1)c1nc(-c2ccccc2)cs1. The molecule has 0 N–H and O–H groups in total. The third-order valence-corrected chi connectivity index (χ3v) is 6.73. The number of thiazole rings is 1. The molecule has 170 valence electrons. The van der Waals surface area contributed by atoms with E-state index < -0.39 is 10.8 Å². The molecule has 0 atom stereocenters. The molecule has 34 heavy (non-hydrogen) atoms. The summed E-state index contributed by atoms with van der Waals surface area (Å²) in [6.45, 7) is 3.92. The van der Waals surface area contributed by atoms with Crippen LogP contribution in [0.25, 0.3) is 11.3 Å². The number of carbonyl (C=O) groups is 1. The lowest BCUT2D eigenvalue weighted by Gasteiger charge is -2.18. The van der Waals surface area contributed by atoms with Gasteiger partial charge in [-0.3, -0.25) is 19.8 Å². The summed E-state index contributed by atoms with van der Waals surface area (Å²) < 4.78 is 13.2. The van der Waals surface area contributed by atoms with Crippen LogP contribution in [-0.4, -0.2) is 22.4 Å². The molecule has 0 unspecified atom stereocenters. The maximum atomic E-state index is 13.3. The van der Waals surface area contributed by atoms with Crippen LogP contribution in [0, 0.1) is 15.9 Å². The third-order valence-electron chi connectivity index (χ3n) is 4.79. The van der Waals surface area contributed by atoms with Crippen LogP contribution in [0.1, 0.15) is 10.4 Å². The number of nitrogens with zero attached hydrogens (tertiary/aromatic N) is 3. The molecule has 1 amide bonds. The van der Waals surface area contributed by atoms with Gasteiger partial charge in [-0.15, -0.1) is 17.9 Å². The number of anilines is 1. The molecule has 0 aliphatic heterocycles. The minimum absolute atomic E-state index is 0.161. The first-order valence-corrected chi connectivity index (χ1v) is 11.8. The van der Waals surface area contributed by atoms with Crippen LogP contribution < -0.4 is 4.90 Å². The highest BCUT2D eigenvalue weighted by molar-refractivity contribution is 7.99. The van der Waals surface area contributed by atoms with Crippen molar-refractivity contribution in [3.63, 3.8) is 0 Å². The summed E-state index contributed by atoms with van der Waals surface area (Å²) in [6.07, 6.45) is 1.58. The highest BCUT2D eigenvalue weighted by Gasteiger charge is 2.24. The normalized spacial score (nSPS) is 10.6. The Hall–Kier alpha value is -3.82. The van der Waals surface area contributed by atoms with Crippen molar-refractivity contribution in [3.05, 3.63) is 112 Å². The highest BCUT2D eigenvalue weighted by atomic mass is 32.2. The molecular formula is C25H18FN3O3S2. The van der Waals surface area contributed by atoms with Gasteiger partial charge in [-0.05, 0) is 36.4 Å². The molecule has 0 saturated carbocycles. The zero-order valence-electron chi connectivity index (χ0n) is 17.8. The Bertz CT molecular complexity index is 1340. The van der Waals surface area contributed by atoms with Crippen molar-refractivity contribution in [3.8, 4) is 11.3 Å². The maximum Gasteiger partial charge on any atom is 0.284 e. The van der Waals surface area contributed by atoms with E-state index in [1.54, 1.807) is 24.3 Å². The third kappa shape index (κ3) is 5.22. The highest BCUT2D eigenvalue weighted by Crippen LogP contribution is 2.36. The van der Waals surface area contributed by atoms with Crippen molar-refractivity contribution >= 4 is 39.8 Å². The fourth-order valence-corrected chi connectivity index (χ4v) is 4.91. The van der Waals surface area contributed by atoms with Crippen LogP contribution in [0.2, 0.25) is 0 Å². The van der Waals surface area contributed by atoms with Gasteiger partial charge in [-0.1, -0.05) is 48.2 Å². The summed E-state index contributed by atoms with van der Waals surface area (Å²) in [5, 5.41) is 14.1. The van der Waals surface area contributed by atoms with Crippen LogP contribution in [0.4, 0.5) is 15.2 Å². The number of carbonyl (C=O) groups excluding carboxylic acids is 1. The van der Waals surface area contributed by atoms with Gasteiger partial charge < -0.3 is 0 Å². The molecule has 4 aromatic rings. The van der Waals surface area contributed by atoms with Gasteiger partial charge in [0, 0.05) is 34.0 Å². The Kier molecular flexibility index (Phi) is 7.15. The molecule has 1 heterocycles. The van der Waals surface area contributed by atoms with Crippen molar-refractivity contribution in [1.82, 2.24) is 4.98 Å². The number of nitro benzene ring substituents is 1. The van der Waals surface area contributed by atoms with E-state index in [1.165, 1.54) is 40.5 Å². The minimum Gasteiger partial charge on any atom is -0.280 e. The summed E-state index contributed by atoms with van der Waals surface area (Å²) >= 11 is 2.44. The Morgan fingerprint density at radius 3 is 2.56 bits per heavy atom. The topological polar surface area (TPSA) is 76.3 Å². The summed E-state index contributed by atoms with van der Waals surface area (Å²) in [7, 11) is 0. The smallest absolute Gasteiger partial charge is 0.280 e. The first-order valence-electron chi connectivity index (χ1n) is 10.1. The zero-order chi connectivity index (χ0) is 24.1. The zero-order valence-corrected chi connectivity index (χ0v) is 19.4. The molecule has 0 radical (unpaired) electrons. The monoisotopic (exact) mass is 491 g/mol. The molecule has 9 heteroatoms. The lowest BCUT2D eigenvalue weighted by molar-refractivity contribution is -0.387. The van der Waals surface area contributed by atoms with Gasteiger partial charge in [0.2, 0.25) is 0 Å². The number of rotatable bonds is 8. The van der Waals surface area contributed by atoms with Gasteiger partial charge >= 0.3 is 0 Å². The fourth-order valence-electron chi connectivity index (χ4n) is 3.17. The molecule has 0 saturated heterocycles. The van der Waals surface area contributed by atoms with Crippen LogP contribution in [-0.2, 0) is 0 Å². The summed E-state index contributed by atoms with van der Waals surface area (Å²) in [5.41, 5.74) is 1.62. The lowest BCUT2D eigenvalue weighted by atomic mass is 10.1. The quantitative estimate of drug-likeness (QED) is 0.153. The lowest BCUT2D eigenvalue weighted by Crippen LogP contribution is -2.31. The number of hydrogen-bond donors (Lipinski definition) is 0. The van der Waals surface area contributed by atoms with E-state index in [4.69, 9.17) is 0 Å². The second kappa shape index (κ2) is 10.4. The van der Waals surface area contributed by atoms with Crippen LogP contribution in [0.15, 0.2) is 101 Å². The van der Waals surface area contributed by atoms with Gasteiger partial charge in [0.15, 0.2) is 5.13 Å². The first kappa shape index (κ1) is 23.3. The Balaban J connectivity index is 1.64. The predicted octanol–water partition coefficient (Wildman–Crippen LogP) is 6.84. The second-order valence-corrected chi connectivity index (χ2v) is 9.03. The summed E-state index contributed by atoms with van der Waals surface area (Å²) in [6, 6.07) is 19.6. The molecular weight excluding hydrogens is 473 g/mol. The molecule has 1 aromatic heterocycles. The van der Waals surface area contributed by atoms with Gasteiger partial charge in [-0.25, -0.2) is 9.37 Å². The Labute approximate surface area is 203 Å². The van der Waals surface area contributed by atoms with Crippen LogP contribution in [0.5, 0.6) is 0 Å². The van der Waals surface area contributed by atoms with Crippen LogP contribution >= 0.6 is 23.1 Å². The Morgan fingerprint density at radius 2 is 1.88 bits per heavy atom. The molecule has 0 spiro atoms. The van der Waals surface area contributed by atoms with E-state index >= 15 is 0 Å². The molecule has 0 aliphatic carbocycles. The second-order valence-electron chi connectivity index (χ2n) is 7.08. The van der Waals surface area contributed by atoms with E-state index in [9.17, 15) is 19.3 Å². The van der Waals surface area contributed by atoms with Crippen molar-refractivity contribution in [1.29, 1.82) is 0 Å². The van der Waals surface area contributed by atoms with E-state index in [0.29, 0.717) is 14.9 Å². The molecule has 0 bridgehead atoms. The minimum atomic E-state index is -0.530. The van der Waals surface area contributed by atoms with E-state index in [2.05, 4.69) is 11.6 Å². The van der Waals surface area contributed by atoms with Crippen LogP contribution in [0.3, 0.4) is 0 Å². The van der Waals surface area contributed by atoms with Crippen molar-refractivity contribution < 1.29 is 14.1 Å². The largest absolute Gasteiger partial charge is 0.284 e. The van der Waals surface area contributed by atoms with Gasteiger partial charge in [0.05, 0.1) is 15.5 Å². The van der Waals surface area contributed by atoms with E-state index in [0.717, 1.165) is 23.0 Å². The van der Waals surface area contributed by atoms with Gasteiger partial charge in [-0.2, -0.15) is 0 Å². The summed E-state index contributed by atoms with van der Waals surface area (Å²) in [4.78, 5) is 31.6. The van der Waals surface area contributed by atoms with E-state index in [-0.39, 0.29) is 23.6 Å². The molecule has 0 aliphatic rings. The van der Waals surface area contributed by atoms with Gasteiger partial charge in [0.1, 0.15) is 5.82 Å². The average Bonchev–Trinajstić information content (AvgIpc) is 3.34. The van der Waals surface area contributed by atoms with E-state index in [1.807, 2.05) is 35.7 Å². The van der Waals surface area contributed by atoms with Crippen molar-refractivity contribution in [2.75, 3.05) is 11.4 Å². The molecule has 6 nitrogen and oxygen atoms in total. The fraction of sp³-hybridized carbons (Fsp3) is 0.0400. The van der Waals surface area contributed by atoms with Gasteiger partial charge in [0.25, 0.3) is 11.6 Å². The Morgan fingerprint density at radius 1 is 1.15 bits per heavy atom. The van der Waals surface area contributed by atoms with Crippen molar-refractivity contribution in [2.45, 2.75) is 9.79 Å². The average molecular weight is 492 g/mol. The number of nitro groups is 1. The summed E-state index contributed by atoms with van der Waals surface area (Å²) in [5.74, 6) is -0.810. The number of amides is 1. The number of hydrogen-bond acceptors (Lipinski definition) is 6. The molecule has 0 fully saturated rings. The van der Waals surface area contributed by atoms with Crippen molar-refractivity contribution in [2.24, 2.45) is 0 Å². The number of halogens is 1. The standard InChI is InChI=1S/C25H18FN3O3S2/c1-2-14-28(25-27-21(16-33-25)17-6-4-3-5-7-17)24(30)18-8-13-23(22(15-18)29(31)32)34-20-11-9-19(26)10-12-20/h2-13,15-16H,1,14H2. The number of benzene rings is 3. The number of aromatic nitrogens is 1. The maximum absolute atomic E-state index is 13.3. The first-order chi connectivity index (χ1) is 16.5. The molecule has 4 rings (SSSR count). The predicted molar refractivity (Wildman–Crippen MR) is 133 cm³/mol. The molecule has 3 aromatic carbocycles.